The van der Waals surface area contributed by atoms with Crippen molar-refractivity contribution >= 4 is 17.8 Å². The van der Waals surface area contributed by atoms with E-state index in [0.29, 0.717) is 6.42 Å². The van der Waals surface area contributed by atoms with E-state index in [1.807, 2.05) is 60.5 Å². The number of carboxylic acids is 1. The molecule has 0 aromatic rings. The third-order valence-electron chi connectivity index (χ3n) is 5.49. The van der Waals surface area contributed by atoms with Gasteiger partial charge in [0, 0.05) is 7.05 Å². The zero-order valence-corrected chi connectivity index (χ0v) is 19.5. The highest BCUT2D eigenvalue weighted by molar-refractivity contribution is 5.90. The van der Waals surface area contributed by atoms with E-state index in [9.17, 15) is 19.5 Å². The standard InChI is InChI=1S/C21H41N3O5/c1-10-14(6)19(15(25)11-16(26)27)24(9)21(29)17(12(2)3)22-20(28)18(13(4)5)23(7)8/h12-15,17-19,25H,10-11H2,1-9H3,(H,22,28)(H,26,27)/t14-,15+,17-,18-,19-/m0/s1. The second-order valence-electron chi connectivity index (χ2n) is 8.87. The Kier molecular flexibility index (Phi) is 11.4. The number of nitrogens with zero attached hydrogens (tertiary/aromatic N) is 2. The number of hydrogen-bond acceptors (Lipinski definition) is 5. The van der Waals surface area contributed by atoms with Gasteiger partial charge < -0.3 is 20.4 Å². The van der Waals surface area contributed by atoms with E-state index >= 15 is 0 Å². The summed E-state index contributed by atoms with van der Waals surface area (Å²) in [4.78, 5) is 40.4. The number of likely N-dealkylation sites (N-methyl/N-ethyl adjacent to an activating group) is 2. The van der Waals surface area contributed by atoms with Crippen molar-refractivity contribution in [2.75, 3.05) is 21.1 Å². The van der Waals surface area contributed by atoms with Gasteiger partial charge in [0.2, 0.25) is 11.8 Å². The van der Waals surface area contributed by atoms with Gasteiger partial charge in [0.05, 0.1) is 24.6 Å². The van der Waals surface area contributed by atoms with Crippen molar-refractivity contribution in [3.63, 3.8) is 0 Å². The summed E-state index contributed by atoms with van der Waals surface area (Å²) in [6.45, 7) is 11.4. The van der Waals surface area contributed by atoms with Crippen LogP contribution in [0.1, 0.15) is 54.4 Å². The smallest absolute Gasteiger partial charge is 0.306 e. The first kappa shape index (κ1) is 27.3. The van der Waals surface area contributed by atoms with Gasteiger partial charge in [0.1, 0.15) is 6.04 Å². The molecule has 170 valence electrons. The summed E-state index contributed by atoms with van der Waals surface area (Å²) in [6.07, 6.45) is -0.958. The van der Waals surface area contributed by atoms with E-state index in [0.717, 1.165) is 0 Å². The maximum Gasteiger partial charge on any atom is 0.306 e. The molecule has 29 heavy (non-hydrogen) atoms. The number of nitrogens with one attached hydrogen (secondary N) is 1. The normalized spacial score (nSPS) is 17.0. The Hall–Kier alpha value is -1.67. The molecule has 5 atom stereocenters. The third kappa shape index (κ3) is 7.93. The van der Waals surface area contributed by atoms with E-state index in [-0.39, 0.29) is 35.6 Å². The van der Waals surface area contributed by atoms with Crippen LogP contribution in [0, 0.1) is 17.8 Å². The zero-order chi connectivity index (χ0) is 23.0. The zero-order valence-electron chi connectivity index (χ0n) is 19.5. The molecule has 0 aliphatic heterocycles. The lowest BCUT2D eigenvalue weighted by atomic mass is 9.90. The van der Waals surface area contributed by atoms with Crippen molar-refractivity contribution in [3.8, 4) is 0 Å². The number of hydrogen-bond donors (Lipinski definition) is 3. The van der Waals surface area contributed by atoms with Gasteiger partial charge in [-0.3, -0.25) is 19.3 Å². The lowest BCUT2D eigenvalue weighted by Crippen LogP contribution is -2.59. The van der Waals surface area contributed by atoms with E-state index < -0.39 is 30.6 Å². The van der Waals surface area contributed by atoms with Crippen LogP contribution in [-0.4, -0.2) is 83.2 Å². The number of aliphatic carboxylic acids is 1. The summed E-state index contributed by atoms with van der Waals surface area (Å²) >= 11 is 0. The Morgan fingerprint density at radius 2 is 1.48 bits per heavy atom. The molecule has 0 spiro atoms. The van der Waals surface area contributed by atoms with Crippen molar-refractivity contribution in [1.29, 1.82) is 0 Å². The van der Waals surface area contributed by atoms with Gasteiger partial charge in [-0.15, -0.1) is 0 Å². The molecule has 8 heteroatoms. The molecule has 2 amide bonds. The highest BCUT2D eigenvalue weighted by Gasteiger charge is 2.37. The summed E-state index contributed by atoms with van der Waals surface area (Å²) < 4.78 is 0. The van der Waals surface area contributed by atoms with E-state index in [2.05, 4.69) is 5.32 Å². The van der Waals surface area contributed by atoms with Crippen LogP contribution in [0.5, 0.6) is 0 Å². The molecule has 3 N–H and O–H groups in total. The predicted octanol–water partition coefficient (Wildman–Crippen LogP) is 1.42. The maximum absolute atomic E-state index is 13.3. The Morgan fingerprint density at radius 1 is 0.966 bits per heavy atom. The van der Waals surface area contributed by atoms with Crippen molar-refractivity contribution < 1.29 is 24.6 Å². The van der Waals surface area contributed by atoms with Crippen LogP contribution in [0.15, 0.2) is 0 Å². The molecule has 0 aliphatic carbocycles. The monoisotopic (exact) mass is 415 g/mol. The van der Waals surface area contributed by atoms with Gasteiger partial charge in [0.25, 0.3) is 0 Å². The molecule has 8 nitrogen and oxygen atoms in total. The Labute approximate surface area is 175 Å². The topological polar surface area (TPSA) is 110 Å². The van der Waals surface area contributed by atoms with Crippen LogP contribution in [0.3, 0.4) is 0 Å². The second-order valence-corrected chi connectivity index (χ2v) is 8.87. The minimum Gasteiger partial charge on any atom is -0.481 e. The maximum atomic E-state index is 13.3. The van der Waals surface area contributed by atoms with Crippen LogP contribution in [0.2, 0.25) is 0 Å². The summed E-state index contributed by atoms with van der Waals surface area (Å²) in [7, 11) is 5.21. The summed E-state index contributed by atoms with van der Waals surface area (Å²) in [5.74, 6) is -1.88. The van der Waals surface area contributed by atoms with Gasteiger partial charge in [-0.2, -0.15) is 0 Å². The molecule has 0 radical (unpaired) electrons. The molecule has 0 aromatic carbocycles. The molecule has 0 heterocycles. The van der Waals surface area contributed by atoms with Crippen molar-refractivity contribution in [2.24, 2.45) is 17.8 Å². The minimum atomic E-state index is -1.19. The predicted molar refractivity (Wildman–Crippen MR) is 113 cm³/mol. The number of aliphatic hydroxyl groups excluding tert-OH is 1. The van der Waals surface area contributed by atoms with Gasteiger partial charge in [-0.05, 0) is 31.8 Å². The fourth-order valence-electron chi connectivity index (χ4n) is 3.81. The van der Waals surface area contributed by atoms with E-state index in [1.54, 1.807) is 7.05 Å². The van der Waals surface area contributed by atoms with Gasteiger partial charge in [0.15, 0.2) is 0 Å². The van der Waals surface area contributed by atoms with E-state index in [4.69, 9.17) is 5.11 Å². The number of rotatable bonds is 12. The first-order chi connectivity index (χ1) is 13.3. The first-order valence-corrected chi connectivity index (χ1v) is 10.4. The summed E-state index contributed by atoms with van der Waals surface area (Å²) in [5.41, 5.74) is 0. The Balaban J connectivity index is 5.68. The molecule has 0 unspecified atom stereocenters. The number of carbonyl (C=O) groups is 3. The van der Waals surface area contributed by atoms with Gasteiger partial charge in [-0.1, -0.05) is 48.0 Å². The highest BCUT2D eigenvalue weighted by atomic mass is 16.4. The van der Waals surface area contributed by atoms with Gasteiger partial charge in [-0.25, -0.2) is 0 Å². The lowest BCUT2D eigenvalue weighted by molar-refractivity contribution is -0.147. The van der Waals surface area contributed by atoms with Gasteiger partial charge >= 0.3 is 5.97 Å². The first-order valence-electron chi connectivity index (χ1n) is 10.4. The molecule has 0 saturated carbocycles. The molecular formula is C21H41N3O5. The fourth-order valence-corrected chi connectivity index (χ4v) is 3.81. The van der Waals surface area contributed by atoms with Crippen LogP contribution >= 0.6 is 0 Å². The van der Waals surface area contributed by atoms with Crippen molar-refractivity contribution in [1.82, 2.24) is 15.1 Å². The minimum absolute atomic E-state index is 0.0656. The van der Waals surface area contributed by atoms with Crippen LogP contribution in [0.4, 0.5) is 0 Å². The molecule has 0 saturated heterocycles. The molecule has 0 fully saturated rings. The Bertz CT molecular complexity index is 542. The van der Waals surface area contributed by atoms with Crippen molar-refractivity contribution in [2.45, 2.75) is 78.6 Å². The Morgan fingerprint density at radius 3 is 1.83 bits per heavy atom. The number of aliphatic hydroxyl groups is 1. The number of amides is 2. The largest absolute Gasteiger partial charge is 0.481 e. The second kappa shape index (κ2) is 12.1. The fraction of sp³-hybridized carbons (Fsp3) is 0.857. The lowest BCUT2D eigenvalue weighted by Gasteiger charge is -2.39. The average Bonchev–Trinajstić information content (AvgIpc) is 2.57. The summed E-state index contributed by atoms with van der Waals surface area (Å²) in [6, 6.07) is -1.80. The SMILES string of the molecule is CC[C@H](C)[C@@H]([C@H](O)CC(=O)O)N(C)C(=O)[C@@H](NC(=O)[C@H](C(C)C)N(C)C)C(C)C. The van der Waals surface area contributed by atoms with Crippen molar-refractivity contribution in [3.05, 3.63) is 0 Å². The third-order valence-corrected chi connectivity index (χ3v) is 5.49. The molecular weight excluding hydrogens is 374 g/mol. The van der Waals surface area contributed by atoms with E-state index in [1.165, 1.54) is 4.90 Å². The summed E-state index contributed by atoms with van der Waals surface area (Å²) in [5, 5.41) is 22.4. The molecule has 0 aromatic heterocycles. The van der Waals surface area contributed by atoms with Crippen LogP contribution < -0.4 is 5.32 Å². The molecule has 0 bridgehead atoms. The average molecular weight is 416 g/mol. The van der Waals surface area contributed by atoms with Crippen LogP contribution in [-0.2, 0) is 14.4 Å². The van der Waals surface area contributed by atoms with Crippen LogP contribution in [0.25, 0.3) is 0 Å². The highest BCUT2D eigenvalue weighted by Crippen LogP contribution is 2.21. The molecule has 0 rings (SSSR count). The number of carbonyl (C=O) groups excluding carboxylic acids is 2. The number of carboxylic acid groups (broad SMARTS) is 1. The quantitative estimate of drug-likeness (QED) is 0.445. The molecule has 0 aliphatic rings.